The van der Waals surface area contributed by atoms with Gasteiger partial charge in [-0.1, -0.05) is 30.3 Å². The molecular weight excluding hydrogens is 364 g/mol. The first kappa shape index (κ1) is 21.3. The average Bonchev–Trinajstić information content (AvgIpc) is 3.23. The highest BCUT2D eigenvalue weighted by molar-refractivity contribution is 5.94. The lowest BCUT2D eigenvalue weighted by Crippen LogP contribution is -2.50. The van der Waals surface area contributed by atoms with Gasteiger partial charge in [0.25, 0.3) is 0 Å². The van der Waals surface area contributed by atoms with Gasteiger partial charge >= 0.3 is 0 Å². The van der Waals surface area contributed by atoms with Crippen LogP contribution in [0, 0.1) is 0 Å². The predicted octanol–water partition coefficient (Wildman–Crippen LogP) is 4.12. The van der Waals surface area contributed by atoms with E-state index in [1.165, 1.54) is 5.56 Å². The Morgan fingerprint density at radius 3 is 2.34 bits per heavy atom. The number of likely N-dealkylation sites (N-methyl/N-ethyl adjacent to an activating group) is 1. The highest BCUT2D eigenvalue weighted by Crippen LogP contribution is 2.33. The quantitative estimate of drug-likeness (QED) is 0.639. The van der Waals surface area contributed by atoms with Crippen molar-refractivity contribution in [3.63, 3.8) is 0 Å². The Kier molecular flexibility index (Phi) is 7.67. The molecule has 0 spiro atoms. The van der Waals surface area contributed by atoms with Gasteiger partial charge in [0.1, 0.15) is 5.75 Å². The van der Waals surface area contributed by atoms with E-state index in [9.17, 15) is 4.79 Å². The van der Waals surface area contributed by atoms with Crippen LogP contribution in [-0.4, -0.2) is 50.8 Å². The molecule has 1 fully saturated rings. The van der Waals surface area contributed by atoms with E-state index in [2.05, 4.69) is 36.2 Å². The van der Waals surface area contributed by atoms with Crippen molar-refractivity contribution in [1.29, 1.82) is 0 Å². The number of rotatable bonds is 9. The van der Waals surface area contributed by atoms with Crippen LogP contribution in [0.1, 0.15) is 31.2 Å². The number of methoxy groups -OCH3 is 2. The standard InChI is InChI=1S/C24H32N2O3/c1-25(18-19-8-5-4-6-9-19)22-10-7-11-23(22)26(24(27)16-17-28-2)20-12-14-21(29-3)15-13-20/h4-6,8-9,12-15,22-23H,7,10-11,16-18H2,1-3H3. The molecule has 29 heavy (non-hydrogen) atoms. The topological polar surface area (TPSA) is 42.0 Å². The van der Waals surface area contributed by atoms with Crippen LogP contribution < -0.4 is 9.64 Å². The minimum Gasteiger partial charge on any atom is -0.497 e. The van der Waals surface area contributed by atoms with E-state index in [1.807, 2.05) is 35.2 Å². The van der Waals surface area contributed by atoms with Gasteiger partial charge in [0.2, 0.25) is 5.91 Å². The van der Waals surface area contributed by atoms with E-state index in [1.54, 1.807) is 14.2 Å². The van der Waals surface area contributed by atoms with Gasteiger partial charge < -0.3 is 14.4 Å². The molecular formula is C24H32N2O3. The molecule has 3 rings (SSSR count). The van der Waals surface area contributed by atoms with E-state index < -0.39 is 0 Å². The van der Waals surface area contributed by atoms with Crippen molar-refractivity contribution < 1.29 is 14.3 Å². The van der Waals surface area contributed by atoms with Crippen molar-refractivity contribution in [3.8, 4) is 5.75 Å². The summed E-state index contributed by atoms with van der Waals surface area (Å²) in [7, 11) is 5.46. The van der Waals surface area contributed by atoms with E-state index in [0.717, 1.165) is 37.2 Å². The lowest BCUT2D eigenvalue weighted by molar-refractivity contribution is -0.120. The summed E-state index contributed by atoms with van der Waals surface area (Å²) >= 11 is 0. The monoisotopic (exact) mass is 396 g/mol. The summed E-state index contributed by atoms with van der Waals surface area (Å²) in [6, 6.07) is 18.8. The third kappa shape index (κ3) is 5.37. The first-order valence-electron chi connectivity index (χ1n) is 10.3. The third-order valence-electron chi connectivity index (χ3n) is 5.76. The Bertz CT molecular complexity index is 763. The second-order valence-electron chi connectivity index (χ2n) is 7.67. The van der Waals surface area contributed by atoms with Gasteiger partial charge in [0, 0.05) is 25.4 Å². The summed E-state index contributed by atoms with van der Waals surface area (Å²) in [6.45, 7) is 1.31. The third-order valence-corrected chi connectivity index (χ3v) is 5.76. The Hall–Kier alpha value is -2.37. The van der Waals surface area contributed by atoms with Crippen LogP contribution in [0.4, 0.5) is 5.69 Å². The Balaban J connectivity index is 1.83. The lowest BCUT2D eigenvalue weighted by Gasteiger charge is -2.37. The van der Waals surface area contributed by atoms with Crippen LogP contribution in [0.3, 0.4) is 0 Å². The molecule has 156 valence electrons. The summed E-state index contributed by atoms with van der Waals surface area (Å²) < 4.78 is 10.5. The number of anilines is 1. The van der Waals surface area contributed by atoms with Gasteiger partial charge in [-0.2, -0.15) is 0 Å². The molecule has 5 heteroatoms. The molecule has 1 aliphatic rings. The first-order chi connectivity index (χ1) is 14.1. The molecule has 0 saturated heterocycles. The second-order valence-corrected chi connectivity index (χ2v) is 7.67. The normalized spacial score (nSPS) is 18.8. The van der Waals surface area contributed by atoms with Crippen molar-refractivity contribution >= 4 is 11.6 Å². The maximum absolute atomic E-state index is 13.2. The van der Waals surface area contributed by atoms with Gasteiger partial charge in [-0.05, 0) is 56.1 Å². The fraction of sp³-hybridized carbons (Fsp3) is 0.458. The summed E-state index contributed by atoms with van der Waals surface area (Å²) in [4.78, 5) is 17.6. The Morgan fingerprint density at radius 1 is 1.00 bits per heavy atom. The smallest absolute Gasteiger partial charge is 0.229 e. The lowest BCUT2D eigenvalue weighted by atomic mass is 10.1. The predicted molar refractivity (Wildman–Crippen MR) is 116 cm³/mol. The molecule has 2 aromatic carbocycles. The van der Waals surface area contributed by atoms with E-state index in [0.29, 0.717) is 19.1 Å². The van der Waals surface area contributed by atoms with Crippen LogP contribution >= 0.6 is 0 Å². The van der Waals surface area contributed by atoms with Gasteiger partial charge in [-0.3, -0.25) is 9.69 Å². The van der Waals surface area contributed by atoms with Crippen LogP contribution in [0.2, 0.25) is 0 Å². The zero-order valence-electron chi connectivity index (χ0n) is 17.7. The van der Waals surface area contributed by atoms with Crippen LogP contribution in [0.5, 0.6) is 5.75 Å². The molecule has 1 saturated carbocycles. The number of hydrogen-bond donors (Lipinski definition) is 0. The number of carbonyl (C=O) groups excluding carboxylic acids is 1. The van der Waals surface area contributed by atoms with Gasteiger partial charge in [0.05, 0.1) is 26.2 Å². The van der Waals surface area contributed by atoms with Crippen LogP contribution in [0.15, 0.2) is 54.6 Å². The Labute approximate surface area is 174 Å². The molecule has 0 aromatic heterocycles. The first-order valence-corrected chi connectivity index (χ1v) is 10.3. The molecule has 0 aliphatic heterocycles. The second kappa shape index (κ2) is 10.4. The highest BCUT2D eigenvalue weighted by Gasteiger charge is 2.37. The van der Waals surface area contributed by atoms with Crippen molar-refractivity contribution in [3.05, 3.63) is 60.2 Å². The molecule has 0 heterocycles. The molecule has 2 aromatic rings. The summed E-state index contributed by atoms with van der Waals surface area (Å²) in [6.07, 6.45) is 3.61. The highest BCUT2D eigenvalue weighted by atomic mass is 16.5. The molecule has 2 unspecified atom stereocenters. The maximum Gasteiger partial charge on any atom is 0.229 e. The molecule has 0 bridgehead atoms. The summed E-state index contributed by atoms with van der Waals surface area (Å²) in [5.74, 6) is 0.907. The summed E-state index contributed by atoms with van der Waals surface area (Å²) in [5, 5.41) is 0. The van der Waals surface area contributed by atoms with Gasteiger partial charge in [-0.15, -0.1) is 0 Å². The zero-order valence-corrected chi connectivity index (χ0v) is 17.7. The Morgan fingerprint density at radius 2 is 1.69 bits per heavy atom. The van der Waals surface area contributed by atoms with E-state index >= 15 is 0 Å². The number of hydrogen-bond acceptors (Lipinski definition) is 4. The molecule has 1 amide bonds. The fourth-order valence-electron chi connectivity index (χ4n) is 4.30. The van der Waals surface area contributed by atoms with Crippen LogP contribution in [0.25, 0.3) is 0 Å². The van der Waals surface area contributed by atoms with Crippen molar-refractivity contribution in [1.82, 2.24) is 4.90 Å². The molecule has 2 atom stereocenters. The van der Waals surface area contributed by atoms with E-state index in [4.69, 9.17) is 9.47 Å². The SMILES string of the molecule is COCCC(=O)N(c1ccc(OC)cc1)C1CCCC1N(C)Cc1ccccc1. The minimum atomic E-state index is 0.113. The van der Waals surface area contributed by atoms with E-state index in [-0.39, 0.29) is 11.9 Å². The number of amides is 1. The number of carbonyl (C=O) groups is 1. The van der Waals surface area contributed by atoms with Crippen molar-refractivity contribution in [2.24, 2.45) is 0 Å². The molecule has 0 radical (unpaired) electrons. The van der Waals surface area contributed by atoms with Gasteiger partial charge in [-0.25, -0.2) is 0 Å². The average molecular weight is 397 g/mol. The number of ether oxygens (including phenoxy) is 2. The fourth-order valence-corrected chi connectivity index (χ4v) is 4.30. The largest absolute Gasteiger partial charge is 0.497 e. The van der Waals surface area contributed by atoms with Crippen molar-refractivity contribution in [2.75, 3.05) is 32.8 Å². The number of nitrogens with zero attached hydrogens (tertiary/aromatic N) is 2. The zero-order chi connectivity index (χ0) is 20.6. The summed E-state index contributed by atoms with van der Waals surface area (Å²) in [5.41, 5.74) is 2.22. The maximum atomic E-state index is 13.2. The van der Waals surface area contributed by atoms with Gasteiger partial charge in [0.15, 0.2) is 0 Å². The molecule has 5 nitrogen and oxygen atoms in total. The molecule has 1 aliphatic carbocycles. The minimum absolute atomic E-state index is 0.113. The molecule has 0 N–H and O–H groups in total. The van der Waals surface area contributed by atoms with Crippen LogP contribution in [-0.2, 0) is 16.1 Å². The number of benzene rings is 2. The van der Waals surface area contributed by atoms with Crippen molar-refractivity contribution in [2.45, 2.75) is 44.3 Å².